The minimum absolute atomic E-state index is 0.126. The zero-order valence-corrected chi connectivity index (χ0v) is 15.2. The molecule has 26 heavy (non-hydrogen) atoms. The van der Waals surface area contributed by atoms with Gasteiger partial charge in [0.05, 0.1) is 6.54 Å². The predicted molar refractivity (Wildman–Crippen MR) is 102 cm³/mol. The molecule has 1 aromatic carbocycles. The smallest absolute Gasteiger partial charge is 0.319 e. The Morgan fingerprint density at radius 3 is 2.88 bits per heavy atom. The molecular formula is C18H16N2O4S2. The van der Waals surface area contributed by atoms with E-state index in [1.165, 1.54) is 16.2 Å². The normalized spacial score (nSPS) is 13.4. The number of amides is 2. The van der Waals surface area contributed by atoms with E-state index in [0.29, 0.717) is 17.2 Å². The maximum Gasteiger partial charge on any atom is 0.319 e. The summed E-state index contributed by atoms with van der Waals surface area (Å²) in [7, 11) is 0. The molecule has 1 aliphatic heterocycles. The molecule has 0 aliphatic carbocycles. The third-order valence-electron chi connectivity index (χ3n) is 3.81. The molecule has 0 saturated carbocycles. The number of hydrogen-bond donors (Lipinski definition) is 3. The largest absolute Gasteiger partial charge is 0.454 e. The summed E-state index contributed by atoms with van der Waals surface area (Å²) >= 11 is 3.18. The van der Waals surface area contributed by atoms with Crippen molar-refractivity contribution in [1.29, 1.82) is 0 Å². The zero-order valence-electron chi connectivity index (χ0n) is 13.6. The summed E-state index contributed by atoms with van der Waals surface area (Å²) in [6, 6.07) is 12.7. The van der Waals surface area contributed by atoms with Gasteiger partial charge in [0.25, 0.3) is 0 Å². The Morgan fingerprint density at radius 2 is 2.04 bits per heavy atom. The molecular weight excluding hydrogens is 372 g/mol. The Hall–Kier alpha value is -2.55. The molecule has 3 aromatic rings. The zero-order chi connectivity index (χ0) is 17.9. The van der Waals surface area contributed by atoms with Crippen molar-refractivity contribution in [3.05, 3.63) is 52.7 Å². The first-order chi connectivity index (χ1) is 12.7. The molecule has 0 bridgehead atoms. The maximum absolute atomic E-state index is 12.0. The van der Waals surface area contributed by atoms with Gasteiger partial charge in [-0.2, -0.15) is 0 Å². The van der Waals surface area contributed by atoms with Crippen molar-refractivity contribution in [1.82, 2.24) is 5.32 Å². The summed E-state index contributed by atoms with van der Waals surface area (Å²) in [5.41, 5.74) is 0.595. The van der Waals surface area contributed by atoms with Crippen LogP contribution in [0.3, 0.4) is 0 Å². The van der Waals surface area contributed by atoms with Crippen LogP contribution in [0.25, 0.3) is 9.75 Å². The van der Waals surface area contributed by atoms with Crippen molar-refractivity contribution < 1.29 is 19.4 Å². The van der Waals surface area contributed by atoms with Crippen LogP contribution in [-0.4, -0.2) is 24.5 Å². The van der Waals surface area contributed by atoms with Gasteiger partial charge in [0.1, 0.15) is 6.10 Å². The van der Waals surface area contributed by atoms with Gasteiger partial charge in [-0.05, 0) is 35.7 Å². The highest BCUT2D eigenvalue weighted by molar-refractivity contribution is 7.21. The highest BCUT2D eigenvalue weighted by Gasteiger charge is 2.16. The molecule has 0 radical (unpaired) electrons. The van der Waals surface area contributed by atoms with E-state index in [1.54, 1.807) is 29.5 Å². The first-order valence-electron chi connectivity index (χ1n) is 7.95. The summed E-state index contributed by atoms with van der Waals surface area (Å²) in [4.78, 5) is 15.1. The van der Waals surface area contributed by atoms with Crippen LogP contribution >= 0.6 is 22.7 Å². The number of carbonyl (C=O) groups is 1. The van der Waals surface area contributed by atoms with Crippen LogP contribution in [0.1, 0.15) is 11.0 Å². The third-order valence-corrected chi connectivity index (χ3v) is 6.06. The molecule has 1 aliphatic rings. The van der Waals surface area contributed by atoms with E-state index >= 15 is 0 Å². The van der Waals surface area contributed by atoms with E-state index in [-0.39, 0.29) is 13.3 Å². The Balaban J connectivity index is 1.31. The van der Waals surface area contributed by atoms with Crippen LogP contribution in [0.5, 0.6) is 11.5 Å². The molecule has 134 valence electrons. The lowest BCUT2D eigenvalue weighted by Crippen LogP contribution is -2.32. The Kier molecular flexibility index (Phi) is 4.79. The number of anilines is 1. The maximum atomic E-state index is 12.0. The van der Waals surface area contributed by atoms with Crippen molar-refractivity contribution >= 4 is 34.4 Å². The average molecular weight is 388 g/mol. The lowest BCUT2D eigenvalue weighted by Gasteiger charge is -2.11. The Labute approximate surface area is 158 Å². The van der Waals surface area contributed by atoms with Crippen LogP contribution < -0.4 is 20.1 Å². The average Bonchev–Trinajstić information content (AvgIpc) is 3.39. The topological polar surface area (TPSA) is 79.8 Å². The first kappa shape index (κ1) is 16.9. The number of urea groups is 1. The SMILES string of the molecule is O=C(NC[C@@H](O)c1ccc(-c2cccs2)s1)Nc1ccc2c(c1)OCO2. The molecule has 0 fully saturated rings. The molecule has 0 spiro atoms. The number of nitrogens with one attached hydrogen (secondary N) is 2. The molecule has 2 aromatic heterocycles. The monoisotopic (exact) mass is 388 g/mol. The number of aliphatic hydroxyl groups excluding tert-OH is 1. The van der Waals surface area contributed by atoms with Gasteiger partial charge in [-0.3, -0.25) is 0 Å². The van der Waals surface area contributed by atoms with Crippen molar-refractivity contribution in [2.75, 3.05) is 18.7 Å². The fourth-order valence-electron chi connectivity index (χ4n) is 2.52. The molecule has 3 heterocycles. The van der Waals surface area contributed by atoms with E-state index in [1.807, 2.05) is 29.6 Å². The number of aliphatic hydroxyl groups is 1. The van der Waals surface area contributed by atoms with Crippen molar-refractivity contribution in [3.8, 4) is 21.3 Å². The Morgan fingerprint density at radius 1 is 1.15 bits per heavy atom. The van der Waals surface area contributed by atoms with E-state index in [0.717, 1.165) is 9.75 Å². The second-order valence-electron chi connectivity index (χ2n) is 5.60. The van der Waals surface area contributed by atoms with Gasteiger partial charge in [0.2, 0.25) is 6.79 Å². The molecule has 0 saturated heterocycles. The molecule has 0 unspecified atom stereocenters. The number of fused-ring (bicyclic) bond motifs is 1. The van der Waals surface area contributed by atoms with Crippen molar-refractivity contribution in [2.24, 2.45) is 0 Å². The highest BCUT2D eigenvalue weighted by Crippen LogP contribution is 2.35. The first-order valence-corrected chi connectivity index (χ1v) is 9.65. The number of ether oxygens (including phenoxy) is 2. The summed E-state index contributed by atoms with van der Waals surface area (Å²) in [5.74, 6) is 1.26. The van der Waals surface area contributed by atoms with Gasteiger partial charge in [-0.1, -0.05) is 6.07 Å². The van der Waals surface area contributed by atoms with Gasteiger partial charge in [-0.25, -0.2) is 4.79 Å². The van der Waals surface area contributed by atoms with E-state index < -0.39 is 12.1 Å². The second kappa shape index (κ2) is 7.36. The molecule has 3 N–H and O–H groups in total. The van der Waals surface area contributed by atoms with E-state index in [4.69, 9.17) is 9.47 Å². The number of hydrogen-bond acceptors (Lipinski definition) is 6. The van der Waals surface area contributed by atoms with E-state index in [2.05, 4.69) is 10.6 Å². The lowest BCUT2D eigenvalue weighted by molar-refractivity contribution is 0.174. The van der Waals surface area contributed by atoms with Gasteiger partial charge in [0, 0.05) is 26.4 Å². The highest BCUT2D eigenvalue weighted by atomic mass is 32.1. The van der Waals surface area contributed by atoms with E-state index in [9.17, 15) is 9.90 Å². The standard InChI is InChI=1S/C18H16N2O4S2/c21-12(15-5-6-17(26-15)16-2-1-7-25-16)9-19-18(22)20-11-3-4-13-14(8-11)24-10-23-13/h1-8,12,21H,9-10H2,(H2,19,20,22)/t12-/m1/s1. The van der Waals surface area contributed by atoms with Crippen LogP contribution in [0, 0.1) is 0 Å². The minimum Gasteiger partial charge on any atom is -0.454 e. The van der Waals surface area contributed by atoms with Crippen LogP contribution in [0.2, 0.25) is 0 Å². The lowest BCUT2D eigenvalue weighted by atomic mass is 10.2. The predicted octanol–water partition coefficient (Wildman–Crippen LogP) is 4.06. The number of thiophene rings is 2. The second-order valence-corrected chi connectivity index (χ2v) is 7.66. The molecule has 1 atom stereocenters. The summed E-state index contributed by atoms with van der Waals surface area (Å²) in [5, 5.41) is 17.7. The summed E-state index contributed by atoms with van der Waals surface area (Å²) < 4.78 is 10.5. The fraction of sp³-hybridized carbons (Fsp3) is 0.167. The van der Waals surface area contributed by atoms with Gasteiger partial charge >= 0.3 is 6.03 Å². The quantitative estimate of drug-likeness (QED) is 0.616. The number of carbonyl (C=O) groups excluding carboxylic acids is 1. The summed E-state index contributed by atoms with van der Waals surface area (Å²) in [6.07, 6.45) is -0.754. The van der Waals surface area contributed by atoms with Gasteiger partial charge in [-0.15, -0.1) is 22.7 Å². The molecule has 6 nitrogen and oxygen atoms in total. The van der Waals surface area contributed by atoms with Gasteiger partial charge < -0.3 is 25.2 Å². The van der Waals surface area contributed by atoms with Gasteiger partial charge in [0.15, 0.2) is 11.5 Å². The number of benzene rings is 1. The summed E-state index contributed by atoms with van der Waals surface area (Å²) in [6.45, 7) is 0.312. The number of rotatable bonds is 5. The van der Waals surface area contributed by atoms with Crippen LogP contribution in [0.15, 0.2) is 47.8 Å². The van der Waals surface area contributed by atoms with Crippen LogP contribution in [-0.2, 0) is 0 Å². The van der Waals surface area contributed by atoms with Crippen molar-refractivity contribution in [3.63, 3.8) is 0 Å². The Bertz CT molecular complexity index is 908. The van der Waals surface area contributed by atoms with Crippen molar-refractivity contribution in [2.45, 2.75) is 6.10 Å². The molecule has 8 heteroatoms. The molecule has 4 rings (SSSR count). The third kappa shape index (κ3) is 3.67. The minimum atomic E-state index is -0.754. The van der Waals surface area contributed by atoms with Crippen LogP contribution in [0.4, 0.5) is 10.5 Å². The fourth-order valence-corrected chi connectivity index (χ4v) is 4.35. The molecule has 2 amide bonds.